The third-order valence-electron chi connectivity index (χ3n) is 7.13. The molecule has 212 valence electrons. The van der Waals surface area contributed by atoms with E-state index in [0.717, 1.165) is 27.8 Å². The van der Waals surface area contributed by atoms with Gasteiger partial charge in [0.15, 0.2) is 5.76 Å². The number of aromatic nitrogens is 1. The van der Waals surface area contributed by atoms with Crippen molar-refractivity contribution < 1.29 is 23.5 Å². The van der Waals surface area contributed by atoms with Crippen LogP contribution in [-0.2, 0) is 31.0 Å². The number of halogens is 1. The maximum absolute atomic E-state index is 13.5. The van der Waals surface area contributed by atoms with Gasteiger partial charge in [-0.1, -0.05) is 96.5 Å². The standard InChI is InChI=1S/C34H29ClN2O5/c35-27-15-16-31(39-23-28-20-32(36-42-28)40-21-24-9-3-1-4-10-24)30(19-27)33-29-14-8-7-13-26(29)17-18-37(33)34(38)41-22-25-11-5-2-6-12-25/h1-16,19-20,33H,17-18,21-23H2. The molecule has 5 aromatic rings. The molecule has 0 spiro atoms. The molecule has 42 heavy (non-hydrogen) atoms. The van der Waals surface area contributed by atoms with Crippen LogP contribution in [-0.4, -0.2) is 22.7 Å². The molecule has 0 bridgehead atoms. The molecule has 0 aliphatic carbocycles. The van der Waals surface area contributed by atoms with E-state index in [1.807, 2.05) is 91.0 Å². The minimum atomic E-state index is -0.452. The van der Waals surface area contributed by atoms with Crippen molar-refractivity contribution in [2.45, 2.75) is 32.3 Å². The molecular formula is C34H29ClN2O5. The normalized spacial score (nSPS) is 14.2. The van der Waals surface area contributed by atoms with Crippen molar-refractivity contribution in [3.63, 3.8) is 0 Å². The highest BCUT2D eigenvalue weighted by Crippen LogP contribution is 2.41. The van der Waals surface area contributed by atoms with Crippen LogP contribution in [0.1, 0.15) is 39.6 Å². The van der Waals surface area contributed by atoms with E-state index in [2.05, 4.69) is 11.2 Å². The number of benzene rings is 4. The Morgan fingerprint density at radius 1 is 0.810 bits per heavy atom. The first kappa shape index (κ1) is 27.4. The van der Waals surface area contributed by atoms with Crippen molar-refractivity contribution in [2.75, 3.05) is 6.54 Å². The van der Waals surface area contributed by atoms with Crippen molar-refractivity contribution in [1.82, 2.24) is 10.1 Å². The molecule has 6 rings (SSSR count). The number of carbonyl (C=O) groups is 1. The Balaban J connectivity index is 1.22. The Morgan fingerprint density at radius 3 is 2.31 bits per heavy atom. The molecule has 0 saturated carbocycles. The van der Waals surface area contributed by atoms with Crippen LogP contribution in [0.15, 0.2) is 114 Å². The SMILES string of the molecule is O=C(OCc1ccccc1)N1CCc2ccccc2C1c1cc(Cl)ccc1OCc1cc(OCc2ccccc2)no1. The molecule has 4 aromatic carbocycles. The molecule has 1 aromatic heterocycles. The lowest BCUT2D eigenvalue weighted by atomic mass is 9.88. The highest BCUT2D eigenvalue weighted by molar-refractivity contribution is 6.30. The Labute approximate surface area is 249 Å². The predicted molar refractivity (Wildman–Crippen MR) is 158 cm³/mol. The minimum absolute atomic E-state index is 0.114. The van der Waals surface area contributed by atoms with E-state index < -0.39 is 12.1 Å². The van der Waals surface area contributed by atoms with Gasteiger partial charge in [-0.2, -0.15) is 0 Å². The van der Waals surface area contributed by atoms with Gasteiger partial charge in [0, 0.05) is 23.2 Å². The topological polar surface area (TPSA) is 74.0 Å². The first-order valence-electron chi connectivity index (χ1n) is 13.7. The number of ether oxygens (including phenoxy) is 3. The summed E-state index contributed by atoms with van der Waals surface area (Å²) in [5.74, 6) is 1.45. The van der Waals surface area contributed by atoms with E-state index >= 15 is 0 Å². The lowest BCUT2D eigenvalue weighted by Gasteiger charge is -2.37. The van der Waals surface area contributed by atoms with Crippen molar-refractivity contribution in [2.24, 2.45) is 0 Å². The van der Waals surface area contributed by atoms with Gasteiger partial charge in [-0.25, -0.2) is 4.79 Å². The summed E-state index contributed by atoms with van der Waals surface area (Å²) in [5, 5.41) is 4.55. The van der Waals surface area contributed by atoms with Crippen molar-refractivity contribution in [3.8, 4) is 11.6 Å². The van der Waals surface area contributed by atoms with Crippen LogP contribution in [0, 0.1) is 0 Å². The van der Waals surface area contributed by atoms with Crippen LogP contribution >= 0.6 is 11.6 Å². The van der Waals surface area contributed by atoms with Gasteiger partial charge in [0.25, 0.3) is 5.88 Å². The zero-order valence-corrected chi connectivity index (χ0v) is 23.6. The van der Waals surface area contributed by atoms with Gasteiger partial charge in [0.2, 0.25) is 0 Å². The fourth-order valence-corrected chi connectivity index (χ4v) is 5.26. The van der Waals surface area contributed by atoms with Gasteiger partial charge in [-0.05, 0) is 52.0 Å². The summed E-state index contributed by atoms with van der Waals surface area (Å²) in [5.41, 5.74) is 4.88. The van der Waals surface area contributed by atoms with Gasteiger partial charge < -0.3 is 18.7 Å². The van der Waals surface area contributed by atoms with Gasteiger partial charge in [0.1, 0.15) is 25.6 Å². The van der Waals surface area contributed by atoms with E-state index in [9.17, 15) is 4.79 Å². The third kappa shape index (κ3) is 6.42. The number of amides is 1. The van der Waals surface area contributed by atoms with Crippen molar-refractivity contribution >= 4 is 17.7 Å². The lowest BCUT2D eigenvalue weighted by Crippen LogP contribution is -2.41. The summed E-state index contributed by atoms with van der Waals surface area (Å²) in [7, 11) is 0. The zero-order valence-electron chi connectivity index (χ0n) is 22.8. The van der Waals surface area contributed by atoms with Gasteiger partial charge >= 0.3 is 6.09 Å². The van der Waals surface area contributed by atoms with E-state index in [4.69, 9.17) is 30.3 Å². The van der Waals surface area contributed by atoms with Crippen LogP contribution in [0.25, 0.3) is 0 Å². The van der Waals surface area contributed by atoms with E-state index in [1.165, 1.54) is 0 Å². The summed E-state index contributed by atoms with van der Waals surface area (Å²) >= 11 is 6.50. The molecule has 0 fully saturated rings. The average molecular weight is 581 g/mol. The molecule has 1 aliphatic rings. The highest BCUT2D eigenvalue weighted by atomic mass is 35.5. The van der Waals surface area contributed by atoms with Gasteiger partial charge in [0.05, 0.1) is 6.04 Å². The van der Waals surface area contributed by atoms with Crippen LogP contribution in [0.4, 0.5) is 4.79 Å². The molecule has 8 heteroatoms. The molecule has 1 atom stereocenters. The number of hydrogen-bond acceptors (Lipinski definition) is 6. The molecule has 2 heterocycles. The third-order valence-corrected chi connectivity index (χ3v) is 7.36. The van der Waals surface area contributed by atoms with Crippen LogP contribution in [0.5, 0.6) is 11.6 Å². The molecule has 0 N–H and O–H groups in total. The Hall–Kier alpha value is -4.75. The van der Waals surface area contributed by atoms with Gasteiger partial charge in [-0.15, -0.1) is 0 Å². The predicted octanol–water partition coefficient (Wildman–Crippen LogP) is 7.77. The number of rotatable bonds is 9. The molecule has 1 amide bonds. The summed E-state index contributed by atoms with van der Waals surface area (Å²) in [6.07, 6.45) is 0.313. The van der Waals surface area contributed by atoms with Crippen LogP contribution in [0.2, 0.25) is 5.02 Å². The average Bonchev–Trinajstić information content (AvgIpc) is 3.50. The lowest BCUT2D eigenvalue weighted by molar-refractivity contribution is 0.0830. The van der Waals surface area contributed by atoms with E-state index in [-0.39, 0.29) is 13.2 Å². The highest BCUT2D eigenvalue weighted by Gasteiger charge is 2.35. The molecule has 1 unspecified atom stereocenters. The van der Waals surface area contributed by atoms with Gasteiger partial charge in [-0.3, -0.25) is 4.90 Å². The summed E-state index contributed by atoms with van der Waals surface area (Å²) in [6.45, 7) is 1.17. The number of carbonyl (C=O) groups excluding carboxylic acids is 1. The fourth-order valence-electron chi connectivity index (χ4n) is 5.08. The summed E-state index contributed by atoms with van der Waals surface area (Å²) in [6, 6.07) is 34.3. The summed E-state index contributed by atoms with van der Waals surface area (Å²) in [4.78, 5) is 15.2. The molecule has 7 nitrogen and oxygen atoms in total. The quantitative estimate of drug-likeness (QED) is 0.177. The first-order chi connectivity index (χ1) is 20.6. The second-order valence-corrected chi connectivity index (χ2v) is 10.4. The molecular weight excluding hydrogens is 552 g/mol. The van der Waals surface area contributed by atoms with Crippen molar-refractivity contribution in [3.05, 3.63) is 148 Å². The van der Waals surface area contributed by atoms with Crippen molar-refractivity contribution in [1.29, 1.82) is 0 Å². The molecule has 0 radical (unpaired) electrons. The van der Waals surface area contributed by atoms with Crippen LogP contribution < -0.4 is 9.47 Å². The number of hydrogen-bond donors (Lipinski definition) is 0. The minimum Gasteiger partial charge on any atom is -0.485 e. The monoisotopic (exact) mass is 580 g/mol. The first-order valence-corrected chi connectivity index (χ1v) is 14.1. The fraction of sp³-hybridized carbons (Fsp3) is 0.176. The molecule has 1 aliphatic heterocycles. The maximum atomic E-state index is 13.5. The van der Waals surface area contributed by atoms with E-state index in [0.29, 0.717) is 42.0 Å². The van der Waals surface area contributed by atoms with Crippen LogP contribution in [0.3, 0.4) is 0 Å². The Morgan fingerprint density at radius 2 is 1.52 bits per heavy atom. The molecule has 0 saturated heterocycles. The number of fused-ring (bicyclic) bond motifs is 1. The Bertz CT molecular complexity index is 1640. The second-order valence-electron chi connectivity index (χ2n) is 9.96. The smallest absolute Gasteiger partial charge is 0.410 e. The maximum Gasteiger partial charge on any atom is 0.410 e. The van der Waals surface area contributed by atoms with E-state index in [1.54, 1.807) is 17.0 Å². The second kappa shape index (κ2) is 12.8. The zero-order chi connectivity index (χ0) is 28.7. The largest absolute Gasteiger partial charge is 0.485 e. The summed E-state index contributed by atoms with van der Waals surface area (Å²) < 4.78 is 23.2. The Kier molecular flexibility index (Phi) is 8.38. The number of nitrogens with zero attached hydrogens (tertiary/aromatic N) is 2.